The number of nitrogens with zero attached hydrogens (tertiary/aromatic N) is 1. The molecule has 1 aliphatic rings. The van der Waals surface area contributed by atoms with E-state index in [1.54, 1.807) is 19.1 Å². The number of rotatable bonds is 6. The first-order valence-electron chi connectivity index (χ1n) is 10.6. The maximum Gasteiger partial charge on any atom is 0.416 e. The van der Waals surface area contributed by atoms with Gasteiger partial charge < -0.3 is 15.5 Å². The molecule has 1 fully saturated rings. The molecular formula is C25H20F4N2O4. The monoisotopic (exact) mass is 488 g/mol. The Kier molecular flexibility index (Phi) is 6.10. The van der Waals surface area contributed by atoms with Gasteiger partial charge in [0.1, 0.15) is 5.82 Å². The van der Waals surface area contributed by atoms with E-state index >= 15 is 0 Å². The molecule has 1 aliphatic carbocycles. The number of aliphatic hydroxyl groups excluding tert-OH is 1. The maximum absolute atomic E-state index is 14.5. The fraction of sp³-hybridized carbons (Fsp3) is 0.240. The van der Waals surface area contributed by atoms with Gasteiger partial charge in [0, 0.05) is 23.0 Å². The average Bonchev–Trinajstić information content (AvgIpc) is 3.60. The summed E-state index contributed by atoms with van der Waals surface area (Å²) in [7, 11) is 0. The third kappa shape index (κ3) is 4.74. The van der Waals surface area contributed by atoms with E-state index in [4.69, 9.17) is 0 Å². The molecule has 1 amide bonds. The van der Waals surface area contributed by atoms with Crippen LogP contribution in [-0.4, -0.2) is 27.1 Å². The van der Waals surface area contributed by atoms with Crippen molar-refractivity contribution in [2.24, 2.45) is 0 Å². The lowest BCUT2D eigenvalue weighted by Crippen LogP contribution is -2.29. The van der Waals surface area contributed by atoms with Gasteiger partial charge in [-0.3, -0.25) is 9.78 Å². The van der Waals surface area contributed by atoms with E-state index in [9.17, 15) is 37.4 Å². The molecule has 0 aliphatic heterocycles. The fourth-order valence-corrected chi connectivity index (χ4v) is 3.94. The molecule has 0 saturated heterocycles. The minimum absolute atomic E-state index is 0.125. The van der Waals surface area contributed by atoms with Gasteiger partial charge in [0.25, 0.3) is 0 Å². The molecule has 182 valence electrons. The van der Waals surface area contributed by atoms with Crippen LogP contribution in [0.15, 0.2) is 54.7 Å². The van der Waals surface area contributed by atoms with Crippen molar-refractivity contribution in [3.05, 3.63) is 82.9 Å². The molecule has 3 aromatic rings. The first kappa shape index (κ1) is 24.3. The molecule has 1 saturated carbocycles. The second-order valence-corrected chi connectivity index (χ2v) is 8.44. The molecule has 1 aromatic heterocycles. The summed E-state index contributed by atoms with van der Waals surface area (Å²) < 4.78 is 53.1. The van der Waals surface area contributed by atoms with Crippen LogP contribution in [0.1, 0.15) is 53.0 Å². The maximum atomic E-state index is 14.5. The number of aliphatic hydroxyl groups is 1. The molecule has 1 atom stereocenters. The van der Waals surface area contributed by atoms with E-state index in [1.807, 2.05) is 0 Å². The lowest BCUT2D eigenvalue weighted by Gasteiger charge is -2.18. The van der Waals surface area contributed by atoms with E-state index in [2.05, 4.69) is 10.3 Å². The van der Waals surface area contributed by atoms with Crippen molar-refractivity contribution in [2.45, 2.75) is 37.5 Å². The molecule has 3 N–H and O–H groups in total. The van der Waals surface area contributed by atoms with E-state index < -0.39 is 41.0 Å². The third-order valence-corrected chi connectivity index (χ3v) is 6.03. The Bertz CT molecular complexity index is 1300. The minimum Gasteiger partial charge on any atom is -0.478 e. The largest absolute Gasteiger partial charge is 0.478 e. The van der Waals surface area contributed by atoms with Gasteiger partial charge in [0.15, 0.2) is 0 Å². The first-order valence-corrected chi connectivity index (χ1v) is 10.6. The molecular weight excluding hydrogens is 468 g/mol. The summed E-state index contributed by atoms with van der Waals surface area (Å²) in [6.07, 6.45) is -3.59. The summed E-state index contributed by atoms with van der Waals surface area (Å²) >= 11 is 0. The van der Waals surface area contributed by atoms with Gasteiger partial charge in [-0.05, 0) is 55.7 Å². The second kappa shape index (κ2) is 8.77. The zero-order valence-electron chi connectivity index (χ0n) is 18.4. The Morgan fingerprint density at radius 3 is 2.31 bits per heavy atom. The lowest BCUT2D eigenvalue weighted by atomic mass is 9.93. The summed E-state index contributed by atoms with van der Waals surface area (Å²) in [5, 5.41) is 21.9. The number of aromatic nitrogens is 1. The Labute approximate surface area is 197 Å². The van der Waals surface area contributed by atoms with Crippen LogP contribution in [-0.2, 0) is 16.4 Å². The van der Waals surface area contributed by atoms with Crippen molar-refractivity contribution in [3.8, 4) is 11.1 Å². The van der Waals surface area contributed by atoms with Crippen molar-refractivity contribution in [1.29, 1.82) is 0 Å². The normalized spacial score (nSPS) is 15.4. The summed E-state index contributed by atoms with van der Waals surface area (Å²) in [5.41, 5.74) is -1.36. The number of anilines is 1. The molecule has 0 spiro atoms. The fourth-order valence-electron chi connectivity index (χ4n) is 3.94. The van der Waals surface area contributed by atoms with Gasteiger partial charge in [-0.1, -0.05) is 18.2 Å². The number of halogens is 4. The van der Waals surface area contributed by atoms with Crippen LogP contribution in [0.3, 0.4) is 0 Å². The zero-order valence-corrected chi connectivity index (χ0v) is 18.4. The van der Waals surface area contributed by atoms with Gasteiger partial charge in [0.05, 0.1) is 28.3 Å². The van der Waals surface area contributed by atoms with Crippen LogP contribution < -0.4 is 5.32 Å². The second-order valence-electron chi connectivity index (χ2n) is 8.44. The van der Waals surface area contributed by atoms with Gasteiger partial charge in [0.2, 0.25) is 5.91 Å². The van der Waals surface area contributed by atoms with Gasteiger partial charge in [-0.2, -0.15) is 13.2 Å². The summed E-state index contributed by atoms with van der Waals surface area (Å²) in [6, 6.07) is 9.46. The number of aromatic carboxylic acids is 1. The number of carbonyl (C=O) groups is 2. The highest BCUT2D eigenvalue weighted by Crippen LogP contribution is 2.50. The molecule has 35 heavy (non-hydrogen) atoms. The summed E-state index contributed by atoms with van der Waals surface area (Å²) in [5.74, 6) is -3.02. The van der Waals surface area contributed by atoms with E-state index in [-0.39, 0.29) is 29.7 Å². The number of alkyl halides is 3. The van der Waals surface area contributed by atoms with Crippen LogP contribution in [0.2, 0.25) is 0 Å². The van der Waals surface area contributed by atoms with Crippen molar-refractivity contribution < 1.29 is 37.4 Å². The average molecular weight is 488 g/mol. The topological polar surface area (TPSA) is 99.5 Å². The van der Waals surface area contributed by atoms with Gasteiger partial charge >= 0.3 is 12.1 Å². The number of carboxylic acids is 1. The molecule has 1 heterocycles. The number of benzene rings is 2. The van der Waals surface area contributed by atoms with Crippen molar-refractivity contribution >= 4 is 17.6 Å². The van der Waals surface area contributed by atoms with Crippen molar-refractivity contribution in [2.75, 3.05) is 5.32 Å². The Morgan fingerprint density at radius 2 is 1.80 bits per heavy atom. The molecule has 4 rings (SSSR count). The number of hydrogen-bond acceptors (Lipinski definition) is 4. The summed E-state index contributed by atoms with van der Waals surface area (Å²) in [4.78, 5) is 29.0. The Hall–Kier alpha value is -3.79. The van der Waals surface area contributed by atoms with Crippen LogP contribution >= 0.6 is 0 Å². The number of amides is 1. The molecule has 0 radical (unpaired) electrons. The SMILES string of the molecule is CC(O)c1ccc(-c2ccc(NC(=O)C3(c4ccc(C(F)(F)F)cc4F)CC3)cc2C(=O)O)cn1. The molecule has 10 heteroatoms. The molecule has 2 aromatic carbocycles. The van der Waals surface area contributed by atoms with Gasteiger partial charge in [-0.25, -0.2) is 9.18 Å². The zero-order chi connectivity index (χ0) is 25.5. The quantitative estimate of drug-likeness (QED) is 0.408. The predicted molar refractivity (Wildman–Crippen MR) is 118 cm³/mol. The highest BCUT2D eigenvalue weighted by molar-refractivity contribution is 6.03. The number of carbonyl (C=O) groups excluding carboxylic acids is 1. The molecule has 0 bridgehead atoms. The molecule has 6 nitrogen and oxygen atoms in total. The van der Waals surface area contributed by atoms with Gasteiger partial charge in [-0.15, -0.1) is 0 Å². The van der Waals surface area contributed by atoms with E-state index in [1.165, 1.54) is 24.4 Å². The van der Waals surface area contributed by atoms with Crippen LogP contribution in [0.25, 0.3) is 11.1 Å². The van der Waals surface area contributed by atoms with E-state index in [0.717, 1.165) is 12.1 Å². The van der Waals surface area contributed by atoms with Crippen molar-refractivity contribution in [3.63, 3.8) is 0 Å². The minimum atomic E-state index is -4.71. The smallest absolute Gasteiger partial charge is 0.416 e. The lowest BCUT2D eigenvalue weighted by molar-refractivity contribution is -0.137. The van der Waals surface area contributed by atoms with E-state index in [0.29, 0.717) is 22.9 Å². The first-order chi connectivity index (χ1) is 16.4. The Balaban J connectivity index is 1.60. The van der Waals surface area contributed by atoms with Crippen LogP contribution in [0.5, 0.6) is 0 Å². The Morgan fingerprint density at radius 1 is 1.09 bits per heavy atom. The third-order valence-electron chi connectivity index (χ3n) is 6.03. The standard InChI is InChI=1S/C25H20F4N2O4/c1-13(32)21-7-2-14(12-30-21)17-5-4-16(11-18(17)22(33)34)31-23(35)24(8-9-24)19-6-3-15(10-20(19)26)25(27,28)29/h2-7,10-13,32H,8-9H2,1H3,(H,31,35)(H,33,34). The highest BCUT2D eigenvalue weighted by atomic mass is 19.4. The number of nitrogens with one attached hydrogen (secondary N) is 1. The van der Waals surface area contributed by atoms with Crippen molar-refractivity contribution in [1.82, 2.24) is 4.98 Å². The molecule has 1 unspecified atom stereocenters. The predicted octanol–water partition coefficient (Wildman–Crippen LogP) is 5.33. The number of hydrogen-bond donors (Lipinski definition) is 3. The van der Waals surface area contributed by atoms with Crippen LogP contribution in [0.4, 0.5) is 23.2 Å². The number of carboxylic acid groups (broad SMARTS) is 1. The van der Waals surface area contributed by atoms with Crippen LogP contribution in [0, 0.1) is 5.82 Å². The highest BCUT2D eigenvalue weighted by Gasteiger charge is 2.53. The number of pyridine rings is 1. The summed E-state index contributed by atoms with van der Waals surface area (Å²) in [6.45, 7) is 1.55.